The molecule has 0 fully saturated rings. The Morgan fingerprint density at radius 2 is 1.32 bits per heavy atom. The van der Waals surface area contributed by atoms with E-state index in [0.717, 1.165) is 19.6 Å². The maximum absolute atomic E-state index is 5.53. The molecule has 3 nitrogen and oxygen atoms in total. The number of nitrogens with zero attached hydrogens (tertiary/aromatic N) is 1. The van der Waals surface area contributed by atoms with Gasteiger partial charge >= 0.3 is 0 Å². The summed E-state index contributed by atoms with van der Waals surface area (Å²) in [4.78, 5) is 2.40. The van der Waals surface area contributed by atoms with Gasteiger partial charge in [-0.15, -0.1) is 0 Å². The van der Waals surface area contributed by atoms with Crippen molar-refractivity contribution in [1.29, 1.82) is 0 Å². The monoisotopic (exact) mass is 299 g/mol. The van der Waals surface area contributed by atoms with E-state index in [9.17, 15) is 0 Å². The van der Waals surface area contributed by atoms with E-state index in [1.54, 1.807) is 14.2 Å². The molecule has 0 heterocycles. The Kier molecular flexibility index (Phi) is 7.10. The van der Waals surface area contributed by atoms with Gasteiger partial charge < -0.3 is 9.47 Å². The zero-order chi connectivity index (χ0) is 15.6. The second-order valence-corrected chi connectivity index (χ2v) is 5.45. The Balaban J connectivity index is 2.05. The van der Waals surface area contributed by atoms with Crippen LogP contribution in [-0.4, -0.2) is 38.4 Å². The van der Waals surface area contributed by atoms with Crippen molar-refractivity contribution in [1.82, 2.24) is 4.90 Å². The zero-order valence-electron chi connectivity index (χ0n) is 13.4. The van der Waals surface area contributed by atoms with Crippen LogP contribution in [0.5, 0.6) is 0 Å². The van der Waals surface area contributed by atoms with E-state index in [-0.39, 0.29) is 6.10 Å². The van der Waals surface area contributed by atoms with Crippen molar-refractivity contribution in [3.8, 4) is 0 Å². The molecular weight excluding hydrogens is 274 g/mol. The highest BCUT2D eigenvalue weighted by atomic mass is 16.5. The molecule has 0 aliphatic heterocycles. The molecule has 1 atom stereocenters. The van der Waals surface area contributed by atoms with E-state index >= 15 is 0 Å². The lowest BCUT2D eigenvalue weighted by molar-refractivity contribution is 0.00285. The van der Waals surface area contributed by atoms with Crippen LogP contribution in [0.3, 0.4) is 0 Å². The minimum absolute atomic E-state index is 0.0809. The molecule has 0 spiro atoms. The topological polar surface area (TPSA) is 21.7 Å². The van der Waals surface area contributed by atoms with Gasteiger partial charge in [0.25, 0.3) is 0 Å². The van der Waals surface area contributed by atoms with Crippen LogP contribution in [0, 0.1) is 0 Å². The van der Waals surface area contributed by atoms with Crippen LogP contribution in [0.4, 0.5) is 0 Å². The molecule has 0 saturated heterocycles. The van der Waals surface area contributed by atoms with Crippen LogP contribution >= 0.6 is 0 Å². The summed E-state index contributed by atoms with van der Waals surface area (Å²) in [6, 6.07) is 21.1. The number of methoxy groups -OCH3 is 2. The van der Waals surface area contributed by atoms with Crippen molar-refractivity contribution >= 4 is 0 Å². The van der Waals surface area contributed by atoms with Crippen molar-refractivity contribution < 1.29 is 9.47 Å². The normalized spacial score (nSPS) is 12.5. The summed E-state index contributed by atoms with van der Waals surface area (Å²) < 4.78 is 10.8. The standard InChI is InChI=1S/C19H25NO2/c1-21-16-19(22-2)15-20(13-17-9-5-3-6-10-17)14-18-11-7-4-8-12-18/h3-12,19H,13-16H2,1-2H3. The lowest BCUT2D eigenvalue weighted by Crippen LogP contribution is -2.35. The molecule has 0 bridgehead atoms. The second-order valence-electron chi connectivity index (χ2n) is 5.45. The fourth-order valence-electron chi connectivity index (χ4n) is 2.54. The quantitative estimate of drug-likeness (QED) is 0.709. The average Bonchev–Trinajstić information content (AvgIpc) is 2.56. The van der Waals surface area contributed by atoms with E-state index in [1.807, 2.05) is 12.1 Å². The third kappa shape index (κ3) is 5.60. The summed E-state index contributed by atoms with van der Waals surface area (Å²) in [5.41, 5.74) is 2.62. The van der Waals surface area contributed by atoms with Gasteiger partial charge in [-0.2, -0.15) is 0 Å². The van der Waals surface area contributed by atoms with Crippen LogP contribution in [-0.2, 0) is 22.6 Å². The van der Waals surface area contributed by atoms with Gasteiger partial charge in [-0.25, -0.2) is 0 Å². The molecule has 0 saturated carbocycles. The van der Waals surface area contributed by atoms with Crippen LogP contribution in [0.2, 0.25) is 0 Å². The molecule has 0 aromatic heterocycles. The van der Waals surface area contributed by atoms with Gasteiger partial charge in [-0.05, 0) is 11.1 Å². The Morgan fingerprint density at radius 3 is 1.73 bits per heavy atom. The Morgan fingerprint density at radius 1 is 0.818 bits per heavy atom. The van der Waals surface area contributed by atoms with Crippen molar-refractivity contribution in [2.24, 2.45) is 0 Å². The molecule has 0 aliphatic rings. The zero-order valence-corrected chi connectivity index (χ0v) is 13.4. The maximum Gasteiger partial charge on any atom is 0.0931 e. The summed E-state index contributed by atoms with van der Waals surface area (Å²) in [5, 5.41) is 0. The van der Waals surface area contributed by atoms with Crippen LogP contribution in [0.1, 0.15) is 11.1 Å². The summed E-state index contributed by atoms with van der Waals surface area (Å²) in [6.45, 7) is 3.25. The number of ether oxygens (including phenoxy) is 2. The molecule has 0 amide bonds. The van der Waals surface area contributed by atoms with Gasteiger partial charge in [0.05, 0.1) is 12.7 Å². The van der Waals surface area contributed by atoms with Gasteiger partial charge in [-0.3, -0.25) is 4.90 Å². The molecule has 2 aromatic rings. The predicted molar refractivity (Wildman–Crippen MR) is 89.7 cm³/mol. The summed E-state index contributed by atoms with van der Waals surface area (Å²) >= 11 is 0. The SMILES string of the molecule is COCC(CN(Cc1ccccc1)Cc1ccccc1)OC. The van der Waals surface area contributed by atoms with Crippen molar-refractivity contribution in [3.05, 3.63) is 71.8 Å². The molecule has 1 unspecified atom stereocenters. The molecule has 0 radical (unpaired) electrons. The van der Waals surface area contributed by atoms with Crippen molar-refractivity contribution in [2.75, 3.05) is 27.4 Å². The van der Waals surface area contributed by atoms with Gasteiger partial charge in [0.15, 0.2) is 0 Å². The summed E-state index contributed by atoms with van der Waals surface area (Å²) in [6.07, 6.45) is 0.0809. The minimum Gasteiger partial charge on any atom is -0.382 e. The average molecular weight is 299 g/mol. The van der Waals surface area contributed by atoms with E-state index in [1.165, 1.54) is 11.1 Å². The first-order valence-electron chi connectivity index (χ1n) is 7.63. The molecule has 0 aliphatic carbocycles. The van der Waals surface area contributed by atoms with Crippen LogP contribution in [0.15, 0.2) is 60.7 Å². The molecule has 2 aromatic carbocycles. The molecule has 2 rings (SSSR count). The minimum atomic E-state index is 0.0809. The molecular formula is C19H25NO2. The van der Waals surface area contributed by atoms with E-state index in [2.05, 4.69) is 53.4 Å². The lowest BCUT2D eigenvalue weighted by atomic mass is 10.1. The highest BCUT2D eigenvalue weighted by Crippen LogP contribution is 2.11. The fraction of sp³-hybridized carbons (Fsp3) is 0.368. The third-order valence-corrected chi connectivity index (χ3v) is 3.65. The molecule has 22 heavy (non-hydrogen) atoms. The number of hydrogen-bond acceptors (Lipinski definition) is 3. The molecule has 3 heteroatoms. The van der Waals surface area contributed by atoms with Gasteiger partial charge in [0, 0.05) is 33.9 Å². The van der Waals surface area contributed by atoms with Crippen LogP contribution in [0.25, 0.3) is 0 Å². The first kappa shape index (κ1) is 16.7. The number of benzene rings is 2. The largest absolute Gasteiger partial charge is 0.382 e. The van der Waals surface area contributed by atoms with Crippen LogP contribution < -0.4 is 0 Å². The summed E-state index contributed by atoms with van der Waals surface area (Å²) in [5.74, 6) is 0. The second kappa shape index (κ2) is 9.36. The number of hydrogen-bond donors (Lipinski definition) is 0. The van der Waals surface area contributed by atoms with E-state index in [4.69, 9.17) is 9.47 Å². The Labute approximate surface area is 133 Å². The van der Waals surface area contributed by atoms with Gasteiger partial charge in [-0.1, -0.05) is 60.7 Å². The smallest absolute Gasteiger partial charge is 0.0931 e. The number of rotatable bonds is 9. The maximum atomic E-state index is 5.53. The predicted octanol–water partition coefficient (Wildman–Crippen LogP) is 3.35. The van der Waals surface area contributed by atoms with E-state index < -0.39 is 0 Å². The first-order valence-corrected chi connectivity index (χ1v) is 7.63. The van der Waals surface area contributed by atoms with E-state index in [0.29, 0.717) is 6.61 Å². The first-order chi connectivity index (χ1) is 10.8. The Hall–Kier alpha value is -1.68. The molecule has 118 valence electrons. The van der Waals surface area contributed by atoms with Gasteiger partial charge in [0.1, 0.15) is 0 Å². The highest BCUT2D eigenvalue weighted by molar-refractivity contribution is 5.17. The summed E-state index contributed by atoms with van der Waals surface area (Å²) in [7, 11) is 3.46. The third-order valence-electron chi connectivity index (χ3n) is 3.65. The Bertz CT molecular complexity index is 474. The fourth-order valence-corrected chi connectivity index (χ4v) is 2.54. The lowest BCUT2D eigenvalue weighted by Gasteiger charge is -2.26. The van der Waals surface area contributed by atoms with Gasteiger partial charge in [0.2, 0.25) is 0 Å². The highest BCUT2D eigenvalue weighted by Gasteiger charge is 2.14. The molecule has 0 N–H and O–H groups in total. The van der Waals surface area contributed by atoms with Crippen molar-refractivity contribution in [2.45, 2.75) is 19.2 Å². The van der Waals surface area contributed by atoms with Crippen molar-refractivity contribution in [3.63, 3.8) is 0 Å².